The zero-order chi connectivity index (χ0) is 13.9. The maximum atomic E-state index is 11.9. The molecule has 0 heterocycles. The fraction of sp³-hybridized carbons (Fsp3) is 0.333. The van der Waals surface area contributed by atoms with E-state index in [1.54, 1.807) is 0 Å². The lowest BCUT2D eigenvalue weighted by Gasteiger charge is -2.21. The number of amides is 1. The van der Waals surface area contributed by atoms with Crippen molar-refractivity contribution in [2.75, 3.05) is 0 Å². The SMILES string of the molecule is CC(C)C(NC(=O)c1cc(O)cc(O)c1)C(N)=S. The molecule has 5 N–H and O–H groups in total. The first-order chi connectivity index (χ1) is 8.31. The molecule has 5 nitrogen and oxygen atoms in total. The Morgan fingerprint density at radius 1 is 1.28 bits per heavy atom. The van der Waals surface area contributed by atoms with Crippen LogP contribution >= 0.6 is 12.2 Å². The van der Waals surface area contributed by atoms with Crippen LogP contribution in [0, 0.1) is 5.92 Å². The summed E-state index contributed by atoms with van der Waals surface area (Å²) >= 11 is 4.88. The summed E-state index contributed by atoms with van der Waals surface area (Å²) in [6, 6.07) is 3.22. The van der Waals surface area contributed by atoms with Gasteiger partial charge in [0, 0.05) is 11.6 Å². The van der Waals surface area contributed by atoms with Gasteiger partial charge >= 0.3 is 0 Å². The van der Waals surface area contributed by atoms with Crippen molar-refractivity contribution in [1.29, 1.82) is 0 Å². The lowest BCUT2D eigenvalue weighted by atomic mass is 10.0. The molecule has 0 saturated carbocycles. The summed E-state index contributed by atoms with van der Waals surface area (Å²) < 4.78 is 0. The van der Waals surface area contributed by atoms with Crippen molar-refractivity contribution in [2.24, 2.45) is 11.7 Å². The molecule has 18 heavy (non-hydrogen) atoms. The summed E-state index contributed by atoms with van der Waals surface area (Å²) in [5, 5.41) is 21.3. The predicted octanol–water partition coefficient (Wildman–Crippen LogP) is 1.14. The van der Waals surface area contributed by atoms with Crippen molar-refractivity contribution in [3.8, 4) is 11.5 Å². The van der Waals surface area contributed by atoms with Gasteiger partial charge in [-0.1, -0.05) is 26.1 Å². The van der Waals surface area contributed by atoms with Crippen LogP contribution in [-0.2, 0) is 0 Å². The number of rotatable bonds is 4. The Morgan fingerprint density at radius 2 is 1.78 bits per heavy atom. The van der Waals surface area contributed by atoms with E-state index >= 15 is 0 Å². The smallest absolute Gasteiger partial charge is 0.252 e. The molecule has 6 heteroatoms. The van der Waals surface area contributed by atoms with Crippen LogP contribution < -0.4 is 11.1 Å². The van der Waals surface area contributed by atoms with E-state index in [9.17, 15) is 15.0 Å². The number of hydrogen-bond donors (Lipinski definition) is 4. The van der Waals surface area contributed by atoms with Crippen molar-refractivity contribution in [2.45, 2.75) is 19.9 Å². The highest BCUT2D eigenvalue weighted by Crippen LogP contribution is 2.20. The molecule has 0 aliphatic heterocycles. The van der Waals surface area contributed by atoms with E-state index in [0.29, 0.717) is 0 Å². The molecule has 0 bridgehead atoms. The summed E-state index contributed by atoms with van der Waals surface area (Å²) in [6.45, 7) is 3.76. The summed E-state index contributed by atoms with van der Waals surface area (Å²) in [4.78, 5) is 12.1. The van der Waals surface area contributed by atoms with Gasteiger partial charge < -0.3 is 21.3 Å². The van der Waals surface area contributed by atoms with Gasteiger partial charge in [-0.25, -0.2) is 0 Å². The van der Waals surface area contributed by atoms with Crippen LogP contribution in [0.25, 0.3) is 0 Å². The van der Waals surface area contributed by atoms with Gasteiger partial charge in [0.15, 0.2) is 0 Å². The van der Waals surface area contributed by atoms with E-state index in [0.717, 1.165) is 6.07 Å². The molecule has 0 radical (unpaired) electrons. The minimum Gasteiger partial charge on any atom is -0.508 e. The zero-order valence-corrected chi connectivity index (χ0v) is 11.0. The van der Waals surface area contributed by atoms with Crippen LogP contribution in [0.5, 0.6) is 11.5 Å². The second-order valence-electron chi connectivity index (χ2n) is 4.34. The van der Waals surface area contributed by atoms with Gasteiger partial charge in [-0.3, -0.25) is 4.79 Å². The molecule has 0 fully saturated rings. The van der Waals surface area contributed by atoms with Crippen molar-refractivity contribution in [3.05, 3.63) is 23.8 Å². The molecule has 1 unspecified atom stereocenters. The first kappa shape index (κ1) is 14.2. The van der Waals surface area contributed by atoms with Crippen LogP contribution in [-0.4, -0.2) is 27.2 Å². The third kappa shape index (κ3) is 3.59. The van der Waals surface area contributed by atoms with Crippen LogP contribution in [0.15, 0.2) is 18.2 Å². The van der Waals surface area contributed by atoms with E-state index in [-0.39, 0.29) is 28.0 Å². The van der Waals surface area contributed by atoms with E-state index in [1.165, 1.54) is 12.1 Å². The normalized spacial score (nSPS) is 12.2. The van der Waals surface area contributed by atoms with Crippen molar-refractivity contribution in [1.82, 2.24) is 5.32 Å². The molecular formula is C12H16N2O3S. The molecular weight excluding hydrogens is 252 g/mol. The fourth-order valence-corrected chi connectivity index (χ4v) is 1.85. The first-order valence-corrected chi connectivity index (χ1v) is 5.85. The van der Waals surface area contributed by atoms with E-state index < -0.39 is 11.9 Å². The number of phenolic OH excluding ortho intramolecular Hbond substituents is 2. The Bertz CT molecular complexity index is 454. The third-order valence-electron chi connectivity index (χ3n) is 2.42. The third-order valence-corrected chi connectivity index (χ3v) is 2.68. The van der Waals surface area contributed by atoms with Crippen LogP contribution in [0.4, 0.5) is 0 Å². The first-order valence-electron chi connectivity index (χ1n) is 5.44. The molecule has 0 aliphatic rings. The number of thiocarbonyl (C=S) groups is 1. The number of hydrogen-bond acceptors (Lipinski definition) is 4. The summed E-state index contributed by atoms with van der Waals surface area (Å²) in [5.41, 5.74) is 5.69. The second kappa shape index (κ2) is 5.68. The Labute approximate surface area is 111 Å². The average molecular weight is 268 g/mol. The van der Waals surface area contributed by atoms with Crippen LogP contribution in [0.3, 0.4) is 0 Å². The second-order valence-corrected chi connectivity index (χ2v) is 4.81. The average Bonchev–Trinajstić information content (AvgIpc) is 2.23. The molecule has 1 atom stereocenters. The van der Waals surface area contributed by atoms with Crippen molar-refractivity contribution in [3.63, 3.8) is 0 Å². The lowest BCUT2D eigenvalue weighted by molar-refractivity contribution is 0.0939. The number of carbonyl (C=O) groups is 1. The lowest BCUT2D eigenvalue weighted by Crippen LogP contribution is -2.46. The Balaban J connectivity index is 2.90. The fourth-order valence-electron chi connectivity index (χ4n) is 1.52. The Hall–Kier alpha value is -1.82. The van der Waals surface area contributed by atoms with Gasteiger partial charge in [-0.2, -0.15) is 0 Å². The van der Waals surface area contributed by atoms with Crippen molar-refractivity contribution < 1.29 is 15.0 Å². The summed E-state index contributed by atoms with van der Waals surface area (Å²) in [7, 11) is 0. The number of carbonyl (C=O) groups excluding carboxylic acids is 1. The Morgan fingerprint density at radius 3 is 2.17 bits per heavy atom. The molecule has 0 spiro atoms. The monoisotopic (exact) mass is 268 g/mol. The van der Waals surface area contributed by atoms with Gasteiger partial charge in [0.05, 0.1) is 11.0 Å². The van der Waals surface area contributed by atoms with Gasteiger partial charge in [0.25, 0.3) is 5.91 Å². The largest absolute Gasteiger partial charge is 0.508 e. The minimum absolute atomic E-state index is 0.0531. The summed E-state index contributed by atoms with van der Waals surface area (Å²) in [6.07, 6.45) is 0. The standard InChI is InChI=1S/C12H16N2O3S/c1-6(2)10(11(13)18)14-12(17)7-3-8(15)5-9(16)4-7/h3-6,10,15-16H,1-2H3,(H2,13,18)(H,14,17). The van der Waals surface area contributed by atoms with E-state index in [1.807, 2.05) is 13.8 Å². The molecule has 1 aromatic carbocycles. The molecule has 1 aromatic rings. The Kier molecular flexibility index (Phi) is 4.49. The highest BCUT2D eigenvalue weighted by molar-refractivity contribution is 7.80. The van der Waals surface area contributed by atoms with E-state index in [2.05, 4.69) is 5.32 Å². The van der Waals surface area contributed by atoms with Crippen LogP contribution in [0.1, 0.15) is 24.2 Å². The number of nitrogens with two attached hydrogens (primary N) is 1. The van der Waals surface area contributed by atoms with Gasteiger partial charge in [-0.05, 0) is 18.1 Å². The molecule has 1 amide bonds. The maximum Gasteiger partial charge on any atom is 0.252 e. The molecule has 0 saturated heterocycles. The quantitative estimate of drug-likeness (QED) is 0.614. The number of aromatic hydroxyl groups is 2. The molecule has 0 aromatic heterocycles. The topological polar surface area (TPSA) is 95.6 Å². The maximum absolute atomic E-state index is 11.9. The van der Waals surface area contributed by atoms with Gasteiger partial charge in [-0.15, -0.1) is 0 Å². The number of benzene rings is 1. The van der Waals surface area contributed by atoms with Gasteiger partial charge in [0.1, 0.15) is 11.5 Å². The predicted molar refractivity (Wildman–Crippen MR) is 72.6 cm³/mol. The zero-order valence-electron chi connectivity index (χ0n) is 10.2. The van der Waals surface area contributed by atoms with E-state index in [4.69, 9.17) is 18.0 Å². The highest BCUT2D eigenvalue weighted by Gasteiger charge is 2.20. The number of nitrogens with one attached hydrogen (secondary N) is 1. The van der Waals surface area contributed by atoms with Gasteiger partial charge in [0.2, 0.25) is 0 Å². The van der Waals surface area contributed by atoms with Crippen molar-refractivity contribution >= 4 is 23.1 Å². The molecule has 0 aliphatic carbocycles. The number of phenols is 2. The minimum atomic E-state index is -0.451. The summed E-state index contributed by atoms with van der Waals surface area (Å²) in [5.74, 6) is -0.766. The highest BCUT2D eigenvalue weighted by atomic mass is 32.1. The van der Waals surface area contributed by atoms with Crippen LogP contribution in [0.2, 0.25) is 0 Å². The molecule has 98 valence electrons. The molecule has 1 rings (SSSR count).